The number of carbonyl (C=O) groups is 2. The molecule has 0 aliphatic carbocycles. The highest BCUT2D eigenvalue weighted by molar-refractivity contribution is 5.97. The summed E-state index contributed by atoms with van der Waals surface area (Å²) in [5, 5.41) is 22.6. The van der Waals surface area contributed by atoms with Crippen molar-refractivity contribution in [3.05, 3.63) is 85.4 Å². The average Bonchev–Trinajstić information content (AvgIpc) is 2.67. The van der Waals surface area contributed by atoms with E-state index in [0.717, 1.165) is 18.7 Å². The fourth-order valence-electron chi connectivity index (χ4n) is 2.86. The topological polar surface area (TPSA) is 130 Å². The third-order valence-corrected chi connectivity index (χ3v) is 4.34. The van der Waals surface area contributed by atoms with Crippen LogP contribution in [0.1, 0.15) is 33.8 Å². The number of nitrogens with zero attached hydrogens (tertiary/aromatic N) is 2. The lowest BCUT2D eigenvalue weighted by Gasteiger charge is -2.19. The number of hydrogen-bond donors (Lipinski definition) is 0. The second-order valence-corrected chi connectivity index (χ2v) is 6.21. The number of nitro benzene ring substituents is 1. The fraction of sp³-hybridized carbons (Fsp3) is 0.263. The van der Waals surface area contributed by atoms with Crippen molar-refractivity contribution in [2.75, 3.05) is 7.11 Å². The number of Topliss-reactive ketones (excluding diaryl/α,β-unsaturated/α-hetero) is 1. The number of benzene rings is 2. The van der Waals surface area contributed by atoms with Gasteiger partial charge in [0.2, 0.25) is 0 Å². The van der Waals surface area contributed by atoms with Crippen LogP contribution < -0.4 is 0 Å². The average molecular weight is 386 g/mol. The molecule has 2 aromatic rings. The lowest BCUT2D eigenvalue weighted by molar-refractivity contribution is -0.514. The van der Waals surface area contributed by atoms with Crippen LogP contribution in [0.2, 0.25) is 0 Å². The molecule has 0 aliphatic heterocycles. The summed E-state index contributed by atoms with van der Waals surface area (Å²) in [6.45, 7) is 1.85. The van der Waals surface area contributed by atoms with Crippen LogP contribution >= 0.6 is 0 Å². The first kappa shape index (κ1) is 20.7. The van der Waals surface area contributed by atoms with Crippen LogP contribution in [0.25, 0.3) is 0 Å². The van der Waals surface area contributed by atoms with Gasteiger partial charge < -0.3 is 4.74 Å². The number of aryl methyl sites for hydroxylation is 1. The molecule has 0 spiro atoms. The van der Waals surface area contributed by atoms with Gasteiger partial charge in [-0.1, -0.05) is 42.0 Å². The summed E-state index contributed by atoms with van der Waals surface area (Å²) in [5.74, 6) is -2.78. The highest BCUT2D eigenvalue weighted by Gasteiger charge is 2.42. The van der Waals surface area contributed by atoms with Crippen LogP contribution in [-0.2, 0) is 9.53 Å². The monoisotopic (exact) mass is 386 g/mol. The predicted octanol–water partition coefficient (Wildman–Crippen LogP) is 3.08. The van der Waals surface area contributed by atoms with Gasteiger partial charge in [-0.3, -0.25) is 25.0 Å². The quantitative estimate of drug-likeness (QED) is 0.295. The molecule has 0 aliphatic rings. The van der Waals surface area contributed by atoms with Gasteiger partial charge >= 0.3 is 12.0 Å². The van der Waals surface area contributed by atoms with E-state index >= 15 is 0 Å². The Morgan fingerprint density at radius 3 is 2.25 bits per heavy atom. The third kappa shape index (κ3) is 4.76. The first-order chi connectivity index (χ1) is 13.2. The molecule has 2 rings (SSSR count). The first-order valence-corrected chi connectivity index (χ1v) is 8.30. The molecule has 0 aromatic heterocycles. The minimum atomic E-state index is -1.87. The molecule has 146 valence electrons. The lowest BCUT2D eigenvalue weighted by Crippen LogP contribution is -2.37. The van der Waals surface area contributed by atoms with Gasteiger partial charge in [-0.05, 0) is 12.5 Å². The molecule has 9 nitrogen and oxygen atoms in total. The number of ether oxygens (including phenoxy) is 1. The zero-order chi connectivity index (χ0) is 20.8. The molecule has 2 unspecified atom stereocenters. The number of ketones is 1. The number of esters is 1. The van der Waals surface area contributed by atoms with Gasteiger partial charge in [0, 0.05) is 29.0 Å². The van der Waals surface area contributed by atoms with E-state index in [2.05, 4.69) is 4.74 Å². The molecule has 0 heterocycles. The molecule has 0 N–H and O–H groups in total. The van der Waals surface area contributed by atoms with Crippen molar-refractivity contribution < 1.29 is 24.2 Å². The van der Waals surface area contributed by atoms with Crippen LogP contribution in [0.4, 0.5) is 5.69 Å². The maximum Gasteiger partial charge on any atom is 0.382 e. The first-order valence-electron chi connectivity index (χ1n) is 8.30. The van der Waals surface area contributed by atoms with Gasteiger partial charge in [-0.15, -0.1) is 0 Å². The Balaban J connectivity index is 2.48. The summed E-state index contributed by atoms with van der Waals surface area (Å²) in [4.78, 5) is 45.9. The summed E-state index contributed by atoms with van der Waals surface area (Å²) in [7, 11) is 1.01. The summed E-state index contributed by atoms with van der Waals surface area (Å²) < 4.78 is 4.53. The summed E-state index contributed by atoms with van der Waals surface area (Å²) in [6, 6.07) is 9.87. The summed E-state index contributed by atoms with van der Waals surface area (Å²) in [5.41, 5.74) is 1.11. The van der Waals surface area contributed by atoms with E-state index in [1.807, 2.05) is 6.92 Å². The van der Waals surface area contributed by atoms with E-state index in [-0.39, 0.29) is 17.7 Å². The van der Waals surface area contributed by atoms with Crippen molar-refractivity contribution in [3.63, 3.8) is 0 Å². The summed E-state index contributed by atoms with van der Waals surface area (Å²) in [6.07, 6.45) is -0.384. The second-order valence-electron chi connectivity index (χ2n) is 6.21. The van der Waals surface area contributed by atoms with E-state index in [0.29, 0.717) is 5.56 Å². The Labute approximate surface area is 160 Å². The Hall–Kier alpha value is -3.62. The molecule has 0 bridgehead atoms. The highest BCUT2D eigenvalue weighted by Crippen LogP contribution is 2.30. The molecule has 28 heavy (non-hydrogen) atoms. The van der Waals surface area contributed by atoms with Gasteiger partial charge in [-0.25, -0.2) is 4.79 Å². The SMILES string of the molecule is COC(=O)C(C(CC(=O)c1ccc(C)cc1)c1cccc([N+](=O)[O-])c1)[N+](=O)[O-]. The van der Waals surface area contributed by atoms with E-state index in [9.17, 15) is 29.8 Å². The van der Waals surface area contributed by atoms with E-state index < -0.39 is 33.6 Å². The van der Waals surface area contributed by atoms with Crippen molar-refractivity contribution in [1.29, 1.82) is 0 Å². The normalized spacial score (nSPS) is 12.6. The standard InChI is InChI=1S/C19H18N2O7/c1-12-6-8-13(9-7-12)17(22)11-16(18(21(26)27)19(23)28-2)14-4-3-5-15(10-14)20(24)25/h3-10,16,18H,11H2,1-2H3. The summed E-state index contributed by atoms with van der Waals surface area (Å²) >= 11 is 0. The van der Waals surface area contributed by atoms with Crippen molar-refractivity contribution >= 4 is 17.4 Å². The molecular formula is C19H18N2O7. The van der Waals surface area contributed by atoms with E-state index in [1.165, 1.54) is 18.2 Å². The van der Waals surface area contributed by atoms with Gasteiger partial charge in [0.1, 0.15) is 0 Å². The van der Waals surface area contributed by atoms with Gasteiger partial charge in [0.25, 0.3) is 5.69 Å². The zero-order valence-corrected chi connectivity index (χ0v) is 15.2. The largest absolute Gasteiger partial charge is 0.464 e. The zero-order valence-electron chi connectivity index (χ0n) is 15.2. The molecule has 2 aromatic carbocycles. The number of methoxy groups -OCH3 is 1. The minimum Gasteiger partial charge on any atom is -0.464 e. The number of carbonyl (C=O) groups excluding carboxylic acids is 2. The van der Waals surface area contributed by atoms with Crippen LogP contribution in [0, 0.1) is 27.2 Å². The number of hydrogen-bond acceptors (Lipinski definition) is 7. The molecule has 0 radical (unpaired) electrons. The Morgan fingerprint density at radius 2 is 1.71 bits per heavy atom. The Morgan fingerprint density at radius 1 is 1.07 bits per heavy atom. The van der Waals surface area contributed by atoms with Gasteiger partial charge in [-0.2, -0.15) is 0 Å². The molecular weight excluding hydrogens is 368 g/mol. The van der Waals surface area contributed by atoms with E-state index in [4.69, 9.17) is 0 Å². The van der Waals surface area contributed by atoms with Crippen LogP contribution in [-0.4, -0.2) is 34.8 Å². The van der Waals surface area contributed by atoms with Crippen LogP contribution in [0.3, 0.4) is 0 Å². The predicted molar refractivity (Wildman–Crippen MR) is 98.8 cm³/mol. The smallest absolute Gasteiger partial charge is 0.382 e. The number of rotatable bonds is 8. The minimum absolute atomic E-state index is 0.141. The van der Waals surface area contributed by atoms with Gasteiger partial charge in [0.05, 0.1) is 18.0 Å². The Bertz CT molecular complexity index is 909. The fourth-order valence-corrected chi connectivity index (χ4v) is 2.86. The number of non-ortho nitro benzene ring substituents is 1. The number of nitro groups is 2. The Kier molecular flexibility index (Phi) is 6.54. The maximum absolute atomic E-state index is 12.7. The molecule has 2 atom stereocenters. The third-order valence-electron chi connectivity index (χ3n) is 4.34. The highest BCUT2D eigenvalue weighted by atomic mass is 16.6. The van der Waals surface area contributed by atoms with Crippen molar-refractivity contribution in [2.45, 2.75) is 25.3 Å². The van der Waals surface area contributed by atoms with Gasteiger partial charge in [0.15, 0.2) is 5.78 Å². The molecule has 0 amide bonds. The van der Waals surface area contributed by atoms with E-state index in [1.54, 1.807) is 24.3 Å². The molecule has 9 heteroatoms. The lowest BCUT2D eigenvalue weighted by atomic mass is 9.85. The van der Waals surface area contributed by atoms with Crippen LogP contribution in [0.5, 0.6) is 0 Å². The molecule has 0 saturated heterocycles. The second kappa shape index (κ2) is 8.85. The maximum atomic E-state index is 12.7. The van der Waals surface area contributed by atoms with Crippen LogP contribution in [0.15, 0.2) is 48.5 Å². The van der Waals surface area contributed by atoms with Crippen molar-refractivity contribution in [3.8, 4) is 0 Å². The molecule has 0 fully saturated rings. The van der Waals surface area contributed by atoms with Crippen molar-refractivity contribution in [2.24, 2.45) is 0 Å². The molecule has 0 saturated carbocycles. The van der Waals surface area contributed by atoms with Crippen molar-refractivity contribution in [1.82, 2.24) is 0 Å².